The van der Waals surface area contributed by atoms with Gasteiger partial charge >= 0.3 is 0 Å². The summed E-state index contributed by atoms with van der Waals surface area (Å²) in [6.45, 7) is 4.21. The topological polar surface area (TPSA) is 81.9 Å². The Labute approximate surface area is 182 Å². The summed E-state index contributed by atoms with van der Waals surface area (Å²) in [4.78, 5) is 14.0. The Kier molecular flexibility index (Phi) is 7.38. The van der Waals surface area contributed by atoms with Crippen molar-refractivity contribution in [3.05, 3.63) is 59.4 Å². The van der Waals surface area contributed by atoms with Crippen LogP contribution in [0, 0.1) is 31.0 Å². The summed E-state index contributed by atoms with van der Waals surface area (Å²) in [5.74, 6) is -0.720. The number of rotatable bonds is 8. The van der Waals surface area contributed by atoms with Crippen LogP contribution < -0.4 is 10.2 Å². The lowest BCUT2D eigenvalue weighted by Crippen LogP contribution is -2.34. The molecule has 0 atom stereocenters. The summed E-state index contributed by atoms with van der Waals surface area (Å²) in [6.07, 6.45) is 0.119. The lowest BCUT2D eigenvalue weighted by molar-refractivity contribution is -0.116. The van der Waals surface area contributed by atoms with Gasteiger partial charge in [-0.15, -0.1) is 10.2 Å². The number of carbonyl (C=O) groups is 1. The first kappa shape index (κ1) is 21.7. The maximum Gasteiger partial charge on any atom is 0.237 e. The van der Waals surface area contributed by atoms with E-state index in [9.17, 15) is 9.18 Å². The first-order valence-electron chi connectivity index (χ1n) is 9.21. The quantitative estimate of drug-likeness (QED) is 0.491. The molecule has 2 aromatic carbocycles. The molecule has 154 valence electrons. The minimum absolute atomic E-state index is 0.0673. The third-order valence-electron chi connectivity index (χ3n) is 4.46. The van der Waals surface area contributed by atoms with Crippen molar-refractivity contribution in [3.63, 3.8) is 0 Å². The second-order valence-corrected chi connectivity index (χ2v) is 8.64. The molecular weight excluding hydrogens is 421 g/mol. The minimum atomic E-state index is -0.496. The zero-order valence-corrected chi connectivity index (χ0v) is 18.2. The highest BCUT2D eigenvalue weighted by Crippen LogP contribution is 2.30. The van der Waals surface area contributed by atoms with E-state index in [2.05, 4.69) is 15.5 Å². The Morgan fingerprint density at radius 1 is 1.23 bits per heavy atom. The smallest absolute Gasteiger partial charge is 0.237 e. The fourth-order valence-electron chi connectivity index (χ4n) is 2.73. The van der Waals surface area contributed by atoms with E-state index >= 15 is 0 Å². The average Bonchev–Trinajstić information content (AvgIpc) is 3.19. The first-order valence-corrected chi connectivity index (χ1v) is 11.0. The number of nitriles is 1. The van der Waals surface area contributed by atoms with Crippen LogP contribution in [-0.2, 0) is 4.79 Å². The van der Waals surface area contributed by atoms with Gasteiger partial charge < -0.3 is 10.2 Å². The van der Waals surface area contributed by atoms with Crippen molar-refractivity contribution in [2.75, 3.05) is 22.5 Å². The number of carbonyl (C=O) groups excluding carboxylic acids is 1. The van der Waals surface area contributed by atoms with Crippen LogP contribution in [0.4, 0.5) is 20.9 Å². The van der Waals surface area contributed by atoms with Crippen LogP contribution in [0.15, 0.2) is 46.8 Å². The van der Waals surface area contributed by atoms with Crippen molar-refractivity contribution in [2.45, 2.75) is 24.6 Å². The molecule has 0 unspecified atom stereocenters. The molecular formula is C21H20FN5OS2. The lowest BCUT2D eigenvalue weighted by Gasteiger charge is -2.21. The fourth-order valence-corrected chi connectivity index (χ4v) is 4.37. The Morgan fingerprint density at radius 3 is 2.80 bits per heavy atom. The van der Waals surface area contributed by atoms with E-state index in [1.54, 1.807) is 12.1 Å². The second kappa shape index (κ2) is 10.2. The average molecular weight is 442 g/mol. The van der Waals surface area contributed by atoms with Crippen LogP contribution in [0.3, 0.4) is 0 Å². The van der Waals surface area contributed by atoms with Gasteiger partial charge in [-0.3, -0.25) is 4.79 Å². The Balaban J connectivity index is 1.65. The maximum atomic E-state index is 14.1. The van der Waals surface area contributed by atoms with Crippen LogP contribution in [0.1, 0.15) is 17.5 Å². The molecule has 0 bridgehead atoms. The molecule has 3 aromatic rings. The van der Waals surface area contributed by atoms with Gasteiger partial charge in [0.25, 0.3) is 0 Å². The van der Waals surface area contributed by atoms with E-state index in [1.165, 1.54) is 45.7 Å². The van der Waals surface area contributed by atoms with Crippen LogP contribution in [0.2, 0.25) is 0 Å². The van der Waals surface area contributed by atoms with E-state index in [1.807, 2.05) is 38.1 Å². The minimum Gasteiger partial charge on any atom is -0.330 e. The SMILES string of the molecule is Cc1cccc(Nc2nnc(SCC(=O)N(CCC#N)c3ccccc3F)s2)c1C. The molecule has 0 aliphatic heterocycles. The molecule has 0 aliphatic rings. The standard InChI is InChI=1S/C21H20FN5OS2/c1-14-7-5-9-17(15(14)2)24-20-25-26-21(30-20)29-13-19(28)27(12-6-11-23)18-10-4-3-8-16(18)22/h3-5,7-10H,6,12-13H2,1-2H3,(H,24,25). The van der Waals surface area contributed by atoms with E-state index in [4.69, 9.17) is 5.26 Å². The zero-order valence-electron chi connectivity index (χ0n) is 16.6. The Bertz CT molecular complexity index is 1080. The van der Waals surface area contributed by atoms with Crippen molar-refractivity contribution in [3.8, 4) is 6.07 Å². The van der Waals surface area contributed by atoms with Crippen molar-refractivity contribution in [1.29, 1.82) is 5.26 Å². The maximum absolute atomic E-state index is 14.1. The number of para-hydroxylation sites is 1. The molecule has 0 radical (unpaired) electrons. The molecule has 30 heavy (non-hydrogen) atoms. The number of thioether (sulfide) groups is 1. The third-order valence-corrected chi connectivity index (χ3v) is 6.42. The largest absolute Gasteiger partial charge is 0.330 e. The molecule has 0 saturated carbocycles. The fraction of sp³-hybridized carbons (Fsp3) is 0.238. The molecule has 3 rings (SSSR count). The normalized spacial score (nSPS) is 10.5. The molecule has 9 heteroatoms. The molecule has 1 heterocycles. The highest BCUT2D eigenvalue weighted by atomic mass is 32.2. The molecule has 1 amide bonds. The number of anilines is 3. The van der Waals surface area contributed by atoms with Gasteiger partial charge in [0.2, 0.25) is 11.0 Å². The highest BCUT2D eigenvalue weighted by Gasteiger charge is 2.19. The Morgan fingerprint density at radius 2 is 2.03 bits per heavy atom. The summed E-state index contributed by atoms with van der Waals surface area (Å²) in [5.41, 5.74) is 3.44. The molecule has 6 nitrogen and oxygen atoms in total. The van der Waals surface area contributed by atoms with Crippen LogP contribution in [-0.4, -0.2) is 28.4 Å². The number of nitrogens with zero attached hydrogens (tertiary/aromatic N) is 4. The van der Waals surface area contributed by atoms with Gasteiger partial charge in [0.05, 0.1) is 23.9 Å². The van der Waals surface area contributed by atoms with E-state index in [0.717, 1.165) is 11.3 Å². The predicted octanol–water partition coefficient (Wildman–Crippen LogP) is 5.08. The number of aryl methyl sites for hydroxylation is 1. The van der Waals surface area contributed by atoms with Crippen molar-refractivity contribution in [1.82, 2.24) is 10.2 Å². The van der Waals surface area contributed by atoms with E-state index in [0.29, 0.717) is 9.47 Å². The molecule has 0 fully saturated rings. The van der Waals surface area contributed by atoms with Gasteiger partial charge in [-0.1, -0.05) is 47.4 Å². The number of hydrogen-bond donors (Lipinski definition) is 1. The monoisotopic (exact) mass is 441 g/mol. The zero-order chi connectivity index (χ0) is 21.5. The number of aromatic nitrogens is 2. The summed E-state index contributed by atoms with van der Waals surface area (Å²) in [6, 6.07) is 14.0. The van der Waals surface area contributed by atoms with Crippen LogP contribution in [0.25, 0.3) is 0 Å². The summed E-state index contributed by atoms with van der Waals surface area (Å²) in [5, 5.41) is 21.0. The number of halogens is 1. The van der Waals surface area contributed by atoms with Crippen molar-refractivity contribution < 1.29 is 9.18 Å². The predicted molar refractivity (Wildman–Crippen MR) is 119 cm³/mol. The van der Waals surface area contributed by atoms with Crippen molar-refractivity contribution in [2.24, 2.45) is 0 Å². The molecule has 1 aromatic heterocycles. The molecule has 0 aliphatic carbocycles. The van der Waals surface area contributed by atoms with E-state index < -0.39 is 5.82 Å². The van der Waals surface area contributed by atoms with Gasteiger partial charge in [-0.2, -0.15) is 5.26 Å². The molecule has 0 saturated heterocycles. The summed E-state index contributed by atoms with van der Waals surface area (Å²) < 4.78 is 14.8. The van der Waals surface area contributed by atoms with Gasteiger partial charge in [0.15, 0.2) is 4.34 Å². The van der Waals surface area contributed by atoms with Crippen molar-refractivity contribution >= 4 is 45.5 Å². The number of hydrogen-bond acceptors (Lipinski definition) is 7. The third kappa shape index (κ3) is 5.34. The summed E-state index contributed by atoms with van der Waals surface area (Å²) >= 11 is 2.58. The van der Waals surface area contributed by atoms with Gasteiger partial charge in [-0.05, 0) is 43.2 Å². The summed E-state index contributed by atoms with van der Waals surface area (Å²) in [7, 11) is 0. The Hall–Kier alpha value is -2.96. The first-order chi connectivity index (χ1) is 14.5. The van der Waals surface area contributed by atoms with Gasteiger partial charge in [-0.25, -0.2) is 4.39 Å². The molecule has 1 N–H and O–H groups in total. The number of benzene rings is 2. The van der Waals surface area contributed by atoms with Gasteiger partial charge in [0.1, 0.15) is 5.82 Å². The lowest BCUT2D eigenvalue weighted by atomic mass is 10.1. The molecule has 0 spiro atoms. The van der Waals surface area contributed by atoms with Gasteiger partial charge in [0, 0.05) is 12.2 Å². The number of nitrogens with one attached hydrogen (secondary N) is 1. The number of amides is 1. The van der Waals surface area contributed by atoms with Crippen LogP contribution in [0.5, 0.6) is 0 Å². The van der Waals surface area contributed by atoms with Crippen LogP contribution >= 0.6 is 23.1 Å². The second-order valence-electron chi connectivity index (χ2n) is 6.44. The highest BCUT2D eigenvalue weighted by molar-refractivity contribution is 8.01. The van der Waals surface area contributed by atoms with E-state index in [-0.39, 0.29) is 30.3 Å².